The van der Waals surface area contributed by atoms with E-state index in [0.29, 0.717) is 11.1 Å². The summed E-state index contributed by atoms with van der Waals surface area (Å²) in [4.78, 5) is 9.30. The second-order valence-electron chi connectivity index (χ2n) is 27.7. The highest BCUT2D eigenvalue weighted by Crippen LogP contribution is 2.53. The molecule has 0 aliphatic carbocycles. The fraction of sp³-hybridized carbons (Fsp3) is 0. The number of hydrogen-bond donors (Lipinski definition) is 0. The zero-order valence-electron chi connectivity index (χ0n) is 59.5. The van der Waals surface area contributed by atoms with Gasteiger partial charge in [-0.25, -0.2) is 0 Å². The lowest BCUT2D eigenvalue weighted by atomic mass is 9.97. The lowest BCUT2D eigenvalue weighted by molar-refractivity contribution is 0.672. The van der Waals surface area contributed by atoms with Crippen LogP contribution in [0.15, 0.2) is 397 Å². The van der Waals surface area contributed by atoms with E-state index in [1.54, 1.807) is 0 Å². The number of hydrogen-bond acceptors (Lipinski definition) is 8. The van der Waals surface area contributed by atoms with E-state index in [-0.39, 0.29) is 0 Å². The highest BCUT2D eigenvalue weighted by molar-refractivity contribution is 6.29. The topological polar surface area (TPSA) is 86.8 Å². The van der Waals surface area contributed by atoms with Crippen molar-refractivity contribution in [3.63, 3.8) is 0 Å². The van der Waals surface area contributed by atoms with Crippen LogP contribution in [0.1, 0.15) is 11.1 Å². The van der Waals surface area contributed by atoms with E-state index in [1.807, 2.05) is 66.7 Å². The van der Waals surface area contributed by atoms with E-state index < -0.39 is 0 Å². The summed E-state index contributed by atoms with van der Waals surface area (Å²) in [7, 11) is 0. The van der Waals surface area contributed by atoms with Gasteiger partial charge in [0.25, 0.3) is 0 Å². The summed E-state index contributed by atoms with van der Waals surface area (Å²) in [5.74, 6) is 0. The molecule has 0 amide bonds. The van der Waals surface area contributed by atoms with Gasteiger partial charge in [0.1, 0.15) is 22.3 Å². The standard InChI is InChI=1S/C102H64N6O2/c103-65-67-40-50-77(51-41-67)106(76-29-11-4-12-30-76)95-63-97-99(87-36-17-13-32-83(87)95)92-62-94(86-35-16-20-39-90(86)102(92)109-97)107(78-52-42-68(66-104)43-53-78)80-58-48-73(49-59-80)74-26-21-31-82(60-74)108(81-56-46-72(47-57-81)70-24-7-2-8-25-70)96-64-98-100(88-37-18-14-33-84(88)96)91-61-93(85-34-15-19-38-89(85)101(91)110-98)105(75-27-9-3-10-28-75)79-54-44-71(45-55-79)69-22-5-1-6-23-69/h1-64H. The zero-order chi connectivity index (χ0) is 73.2. The third kappa shape index (κ3) is 11.1. The fourth-order valence-electron chi connectivity index (χ4n) is 16.3. The number of furan rings is 2. The van der Waals surface area contributed by atoms with E-state index in [9.17, 15) is 10.5 Å². The summed E-state index contributed by atoms with van der Waals surface area (Å²) < 4.78 is 14.6. The Kier molecular flexibility index (Phi) is 15.8. The Bertz CT molecular complexity index is 7010. The number of fused-ring (bicyclic) bond motifs is 14. The van der Waals surface area contributed by atoms with Crippen molar-refractivity contribution in [1.29, 1.82) is 10.5 Å². The van der Waals surface area contributed by atoms with Crippen molar-refractivity contribution in [2.24, 2.45) is 0 Å². The molecule has 0 unspecified atom stereocenters. The lowest BCUT2D eigenvalue weighted by Crippen LogP contribution is -2.11. The molecule has 0 radical (unpaired) electrons. The number of nitrogens with zero attached hydrogens (tertiary/aromatic N) is 6. The van der Waals surface area contributed by atoms with E-state index >= 15 is 0 Å². The van der Waals surface area contributed by atoms with Crippen molar-refractivity contribution < 1.29 is 8.83 Å². The first kappa shape index (κ1) is 64.4. The molecule has 110 heavy (non-hydrogen) atoms. The summed E-state index contributed by atoms with van der Waals surface area (Å²) in [6, 6.07) is 141. The van der Waals surface area contributed by atoms with Gasteiger partial charge in [-0.3, -0.25) is 0 Å². The minimum atomic E-state index is 0.570. The van der Waals surface area contributed by atoms with Crippen LogP contribution in [0.25, 0.3) is 120 Å². The number of anilines is 12. The highest BCUT2D eigenvalue weighted by Gasteiger charge is 2.28. The van der Waals surface area contributed by atoms with Crippen molar-refractivity contribution in [3.8, 4) is 45.5 Å². The van der Waals surface area contributed by atoms with Gasteiger partial charge in [-0.1, -0.05) is 243 Å². The molecule has 0 fully saturated rings. The highest BCUT2D eigenvalue weighted by atomic mass is 16.3. The molecule has 0 saturated heterocycles. The van der Waals surface area contributed by atoms with Gasteiger partial charge in [0.15, 0.2) is 0 Å². The molecule has 0 atom stereocenters. The maximum Gasteiger partial charge on any atom is 0.143 e. The normalized spacial score (nSPS) is 11.4. The third-order valence-electron chi connectivity index (χ3n) is 21.4. The van der Waals surface area contributed by atoms with Gasteiger partial charge in [-0.05, 0) is 178 Å². The van der Waals surface area contributed by atoms with Gasteiger partial charge in [0.2, 0.25) is 0 Å². The number of nitriles is 2. The molecule has 2 aromatic heterocycles. The summed E-state index contributed by atoms with van der Waals surface area (Å²) in [6.07, 6.45) is 0. The molecule has 0 spiro atoms. The van der Waals surface area contributed by atoms with Crippen molar-refractivity contribution in [2.75, 3.05) is 19.6 Å². The number of benzene rings is 18. The van der Waals surface area contributed by atoms with Crippen LogP contribution in [0, 0.1) is 22.7 Å². The molecule has 0 aliphatic rings. The first-order valence-electron chi connectivity index (χ1n) is 36.9. The Morgan fingerprint density at radius 2 is 0.445 bits per heavy atom. The SMILES string of the molecule is N#Cc1ccc(N(c2ccc(-c3cccc(N(c4ccc(-c5ccccc5)cc4)c4cc5oc6c7ccccc7c(N(c7ccccc7)c7ccc(-c8ccccc8)cc7)cc6c5c5ccccc45)c3)cc2)c2cc3c(oc4cc(N(c5ccccc5)c5ccc(C#N)cc5)c5ccccc5c43)c3ccccc23)cc1. The molecule has 0 aliphatic heterocycles. The predicted molar refractivity (Wildman–Crippen MR) is 455 cm³/mol. The molecule has 0 bridgehead atoms. The monoisotopic (exact) mass is 1400 g/mol. The van der Waals surface area contributed by atoms with Gasteiger partial charge in [-0.15, -0.1) is 0 Å². The van der Waals surface area contributed by atoms with Gasteiger partial charge in [0, 0.05) is 111 Å². The fourth-order valence-corrected chi connectivity index (χ4v) is 16.3. The summed E-state index contributed by atoms with van der Waals surface area (Å²) in [6.45, 7) is 0. The minimum Gasteiger partial charge on any atom is -0.455 e. The Morgan fingerprint density at radius 3 is 0.809 bits per heavy atom. The maximum absolute atomic E-state index is 10.2. The second kappa shape index (κ2) is 27.0. The molecule has 20 rings (SSSR count). The third-order valence-corrected chi connectivity index (χ3v) is 21.4. The van der Waals surface area contributed by atoms with Gasteiger partial charge in [0.05, 0.1) is 46.0 Å². The van der Waals surface area contributed by atoms with Crippen molar-refractivity contribution in [3.05, 3.63) is 399 Å². The minimum absolute atomic E-state index is 0.570. The van der Waals surface area contributed by atoms with Gasteiger partial charge >= 0.3 is 0 Å². The maximum atomic E-state index is 10.2. The first-order chi connectivity index (χ1) is 54.5. The van der Waals surface area contributed by atoms with Crippen molar-refractivity contribution in [2.45, 2.75) is 0 Å². The number of para-hydroxylation sites is 2. The number of rotatable bonds is 15. The molecule has 514 valence electrons. The van der Waals surface area contributed by atoms with Crippen molar-refractivity contribution in [1.82, 2.24) is 0 Å². The van der Waals surface area contributed by atoms with E-state index in [4.69, 9.17) is 8.83 Å². The van der Waals surface area contributed by atoms with Crippen LogP contribution in [-0.4, -0.2) is 0 Å². The van der Waals surface area contributed by atoms with Crippen LogP contribution in [0.3, 0.4) is 0 Å². The van der Waals surface area contributed by atoms with Crippen LogP contribution in [-0.2, 0) is 0 Å². The molecular weight excluding hydrogens is 1340 g/mol. The Hall–Kier alpha value is -15.2. The molecule has 8 nitrogen and oxygen atoms in total. The summed E-state index contributed by atoms with van der Waals surface area (Å²) in [5, 5.41) is 32.3. The largest absolute Gasteiger partial charge is 0.455 e. The molecule has 2 heterocycles. The summed E-state index contributed by atoms with van der Waals surface area (Å²) >= 11 is 0. The summed E-state index contributed by atoms with van der Waals surface area (Å²) in [5.41, 5.74) is 22.6. The first-order valence-corrected chi connectivity index (χ1v) is 36.9. The average molecular weight is 1410 g/mol. The van der Waals surface area contributed by atoms with Crippen LogP contribution < -0.4 is 19.6 Å². The molecular formula is C102H64N6O2. The molecule has 8 heteroatoms. The smallest absolute Gasteiger partial charge is 0.143 e. The predicted octanol–water partition coefficient (Wildman–Crippen LogP) is 28.7. The van der Waals surface area contributed by atoms with Crippen LogP contribution in [0.5, 0.6) is 0 Å². The van der Waals surface area contributed by atoms with E-state index in [0.717, 1.165) is 183 Å². The van der Waals surface area contributed by atoms with E-state index in [1.165, 1.54) is 5.56 Å². The van der Waals surface area contributed by atoms with Crippen LogP contribution >= 0.6 is 0 Å². The zero-order valence-corrected chi connectivity index (χ0v) is 59.5. The molecule has 0 saturated carbocycles. The van der Waals surface area contributed by atoms with Gasteiger partial charge < -0.3 is 28.4 Å². The van der Waals surface area contributed by atoms with Gasteiger partial charge in [-0.2, -0.15) is 10.5 Å². The average Bonchev–Trinajstić information content (AvgIpc) is 1.55. The van der Waals surface area contributed by atoms with E-state index in [2.05, 4.69) is 353 Å². The Morgan fingerprint density at radius 1 is 0.191 bits per heavy atom. The molecule has 18 aromatic carbocycles. The lowest BCUT2D eigenvalue weighted by Gasteiger charge is -2.28. The van der Waals surface area contributed by atoms with Crippen LogP contribution in [0.2, 0.25) is 0 Å². The Labute approximate surface area is 635 Å². The molecule has 20 aromatic rings. The molecule has 0 N–H and O–H groups in total. The second-order valence-corrected chi connectivity index (χ2v) is 27.7. The quantitative estimate of drug-likeness (QED) is 0.100. The van der Waals surface area contributed by atoms with Crippen LogP contribution in [0.4, 0.5) is 68.2 Å². The van der Waals surface area contributed by atoms with Crippen molar-refractivity contribution >= 4 is 155 Å². The Balaban J connectivity index is 0.725.